The average Bonchev–Trinajstić information content (AvgIpc) is 3.23. The van der Waals surface area contributed by atoms with Gasteiger partial charge in [0.25, 0.3) is 0 Å². The molecule has 0 bridgehead atoms. The van der Waals surface area contributed by atoms with Crippen molar-refractivity contribution < 1.29 is 79.9 Å². The minimum Gasteiger partial charge on any atom is -0.394 e. The molecule has 34 heavy (non-hydrogen) atoms. The van der Waals surface area contributed by atoms with Gasteiger partial charge >= 0.3 is 0 Å². The molecule has 3 aliphatic heterocycles. The number of aliphatic hydroxyl groups is 11. The van der Waals surface area contributed by atoms with Crippen LogP contribution in [0.4, 0.5) is 0 Å². The maximum absolute atomic E-state index is 10.7. The summed E-state index contributed by atoms with van der Waals surface area (Å²) < 4.78 is 26.9. The van der Waals surface area contributed by atoms with Gasteiger partial charge in [-0.3, -0.25) is 0 Å². The van der Waals surface area contributed by atoms with E-state index >= 15 is 0 Å². The van der Waals surface area contributed by atoms with Gasteiger partial charge in [-0.25, -0.2) is 0 Å². The minimum absolute atomic E-state index is 0.750. The summed E-state index contributed by atoms with van der Waals surface area (Å²) in [6.07, 6.45) is -19.0. The molecule has 0 amide bonds. The fourth-order valence-corrected chi connectivity index (χ4v) is 4.14. The second kappa shape index (κ2) is 10.8. The molecule has 3 aliphatic rings. The van der Waals surface area contributed by atoms with Gasteiger partial charge in [0, 0.05) is 0 Å². The van der Waals surface area contributed by atoms with Crippen LogP contribution in [-0.2, 0) is 23.7 Å². The molecule has 16 heteroatoms. The molecule has 0 aromatic carbocycles. The molecule has 0 radical (unpaired) electrons. The van der Waals surface area contributed by atoms with Crippen molar-refractivity contribution in [3.63, 3.8) is 0 Å². The second-order valence-electron chi connectivity index (χ2n) is 8.43. The summed E-state index contributed by atoms with van der Waals surface area (Å²) >= 11 is 0. The van der Waals surface area contributed by atoms with Gasteiger partial charge in [-0.2, -0.15) is 0 Å². The first-order valence-electron chi connectivity index (χ1n) is 10.5. The maximum Gasteiger partial charge on any atom is 0.224 e. The molecule has 11 N–H and O–H groups in total. The van der Waals surface area contributed by atoms with Crippen LogP contribution in [0.3, 0.4) is 0 Å². The maximum atomic E-state index is 10.7. The van der Waals surface area contributed by atoms with Crippen LogP contribution in [0.15, 0.2) is 0 Å². The van der Waals surface area contributed by atoms with Crippen molar-refractivity contribution in [2.75, 3.05) is 33.0 Å². The Morgan fingerprint density at radius 1 is 0.588 bits per heavy atom. The van der Waals surface area contributed by atoms with Crippen molar-refractivity contribution in [3.05, 3.63) is 0 Å². The third-order valence-corrected chi connectivity index (χ3v) is 6.27. The summed E-state index contributed by atoms with van der Waals surface area (Å²) in [5, 5.41) is 109. The Balaban J connectivity index is 1.87. The molecule has 3 rings (SSSR count). The fraction of sp³-hybridized carbons (Fsp3) is 1.00. The van der Waals surface area contributed by atoms with E-state index in [1.165, 1.54) is 0 Å². The van der Waals surface area contributed by atoms with Crippen LogP contribution in [0.5, 0.6) is 0 Å². The fourth-order valence-electron chi connectivity index (χ4n) is 4.14. The lowest BCUT2D eigenvalue weighted by atomic mass is 9.99. The number of hydrogen-bond acceptors (Lipinski definition) is 16. The predicted octanol–water partition coefficient (Wildman–Crippen LogP) is -7.57. The largest absolute Gasteiger partial charge is 0.394 e. The highest BCUT2D eigenvalue weighted by atomic mass is 16.8. The van der Waals surface area contributed by atoms with Crippen LogP contribution < -0.4 is 0 Å². The zero-order valence-corrected chi connectivity index (χ0v) is 17.8. The summed E-state index contributed by atoms with van der Waals surface area (Å²) in [6, 6.07) is 0. The standard InChI is InChI=1S/C18H32O16/c19-1-6-9(23)12(26)13(27)16(31-6)34-18(15(29)11(25)8(3-21)33-18)5-30-17(4-22)14(28)10(24)7(2-20)32-17/h6-16,19-29H,1-5H2/t6-,7-,8-,9-,10-,11-,12+,13-,14+,15+,16-,17+,18+/m1/s1. The Bertz CT molecular complexity index is 668. The van der Waals surface area contributed by atoms with Crippen molar-refractivity contribution in [3.8, 4) is 0 Å². The Labute approximate surface area is 192 Å². The van der Waals surface area contributed by atoms with E-state index in [1.54, 1.807) is 0 Å². The van der Waals surface area contributed by atoms with Crippen molar-refractivity contribution in [1.82, 2.24) is 0 Å². The summed E-state index contributed by atoms with van der Waals surface area (Å²) in [6.45, 7) is -4.40. The van der Waals surface area contributed by atoms with E-state index in [0.717, 1.165) is 0 Å². The topological polar surface area (TPSA) is 269 Å². The minimum atomic E-state index is -2.49. The first-order chi connectivity index (χ1) is 16.0. The molecule has 200 valence electrons. The smallest absolute Gasteiger partial charge is 0.224 e. The molecular formula is C18H32O16. The summed E-state index contributed by atoms with van der Waals surface area (Å²) in [5.74, 6) is -4.84. The molecule has 3 fully saturated rings. The first kappa shape index (κ1) is 27.9. The molecule has 0 saturated carbocycles. The molecule has 0 spiro atoms. The van der Waals surface area contributed by atoms with Gasteiger partial charge in [0.05, 0.1) is 19.8 Å². The van der Waals surface area contributed by atoms with Gasteiger partial charge in [-0.05, 0) is 0 Å². The number of rotatable bonds is 9. The third-order valence-electron chi connectivity index (χ3n) is 6.27. The highest BCUT2D eigenvalue weighted by Crippen LogP contribution is 2.39. The van der Waals surface area contributed by atoms with E-state index in [9.17, 15) is 56.2 Å². The number of ether oxygens (including phenoxy) is 5. The molecular weight excluding hydrogens is 472 g/mol. The van der Waals surface area contributed by atoms with E-state index in [4.69, 9.17) is 23.7 Å². The quantitative estimate of drug-likeness (QED) is 0.139. The van der Waals surface area contributed by atoms with Crippen molar-refractivity contribution in [2.45, 2.75) is 78.9 Å². The van der Waals surface area contributed by atoms with Gasteiger partial charge in [-0.15, -0.1) is 0 Å². The van der Waals surface area contributed by atoms with E-state index in [-0.39, 0.29) is 0 Å². The van der Waals surface area contributed by atoms with Crippen molar-refractivity contribution in [2.24, 2.45) is 0 Å². The van der Waals surface area contributed by atoms with Crippen molar-refractivity contribution >= 4 is 0 Å². The SMILES string of the molecule is OC[C@H]1O[C@](CO)(OC[C@@]2(O[C@H]3O[C@H](CO)[C@@H](O)[C@H](O)[C@H]3O)O[C@H](CO)[C@@H](O)[C@@H]2O)[C@@H](O)[C@@H]1O. The highest BCUT2D eigenvalue weighted by Gasteiger charge is 2.62. The zero-order valence-electron chi connectivity index (χ0n) is 17.8. The van der Waals surface area contributed by atoms with Gasteiger partial charge in [-0.1, -0.05) is 0 Å². The van der Waals surface area contributed by atoms with Gasteiger partial charge in [0.2, 0.25) is 11.6 Å². The van der Waals surface area contributed by atoms with Crippen molar-refractivity contribution in [1.29, 1.82) is 0 Å². The monoisotopic (exact) mass is 504 g/mol. The van der Waals surface area contributed by atoms with Crippen LogP contribution in [0.1, 0.15) is 0 Å². The van der Waals surface area contributed by atoms with Gasteiger partial charge in [0.15, 0.2) is 6.29 Å². The van der Waals surface area contributed by atoms with Crippen LogP contribution >= 0.6 is 0 Å². The first-order valence-corrected chi connectivity index (χ1v) is 10.5. The van der Waals surface area contributed by atoms with Crippen LogP contribution in [-0.4, -0.2) is 168 Å². The third kappa shape index (κ3) is 4.71. The molecule has 0 aromatic rings. The van der Waals surface area contributed by atoms with Gasteiger partial charge < -0.3 is 79.9 Å². The van der Waals surface area contributed by atoms with E-state index in [0.29, 0.717) is 0 Å². The lowest BCUT2D eigenvalue weighted by Gasteiger charge is -2.44. The van der Waals surface area contributed by atoms with E-state index < -0.39 is 112 Å². The van der Waals surface area contributed by atoms with Crippen LogP contribution in [0.2, 0.25) is 0 Å². The average molecular weight is 504 g/mol. The molecule has 0 aromatic heterocycles. The Hall–Kier alpha value is -0.640. The summed E-state index contributed by atoms with van der Waals surface area (Å²) in [4.78, 5) is 0. The Kier molecular flexibility index (Phi) is 8.85. The van der Waals surface area contributed by atoms with E-state index in [1.807, 2.05) is 0 Å². The zero-order chi connectivity index (χ0) is 25.4. The van der Waals surface area contributed by atoms with Crippen LogP contribution in [0.25, 0.3) is 0 Å². The number of hydrogen-bond donors (Lipinski definition) is 11. The number of aliphatic hydroxyl groups excluding tert-OH is 11. The normalized spacial score (nSPS) is 51.8. The summed E-state index contributed by atoms with van der Waals surface area (Å²) in [5.41, 5.74) is 0. The second-order valence-corrected chi connectivity index (χ2v) is 8.43. The lowest BCUT2D eigenvalue weighted by Crippen LogP contribution is -2.63. The van der Waals surface area contributed by atoms with Gasteiger partial charge in [0.1, 0.15) is 74.3 Å². The molecule has 16 nitrogen and oxygen atoms in total. The molecule has 0 unspecified atom stereocenters. The molecule has 0 aliphatic carbocycles. The molecule has 3 saturated heterocycles. The highest BCUT2D eigenvalue weighted by molar-refractivity contribution is 5.01. The summed E-state index contributed by atoms with van der Waals surface area (Å²) in [7, 11) is 0. The molecule has 13 atom stereocenters. The lowest BCUT2D eigenvalue weighted by molar-refractivity contribution is -0.399. The Morgan fingerprint density at radius 3 is 1.56 bits per heavy atom. The van der Waals surface area contributed by atoms with Crippen LogP contribution in [0, 0.1) is 0 Å². The predicted molar refractivity (Wildman–Crippen MR) is 101 cm³/mol. The Morgan fingerprint density at radius 2 is 1.09 bits per heavy atom. The van der Waals surface area contributed by atoms with E-state index in [2.05, 4.69) is 0 Å². The molecule has 3 heterocycles.